The molecule has 78 valence electrons. The Morgan fingerprint density at radius 2 is 2.00 bits per heavy atom. The summed E-state index contributed by atoms with van der Waals surface area (Å²) in [6.07, 6.45) is 0. The van der Waals surface area contributed by atoms with Gasteiger partial charge in [0.1, 0.15) is 15.9 Å². The molecule has 0 aliphatic heterocycles. The van der Waals surface area contributed by atoms with E-state index < -0.39 is 21.4 Å². The van der Waals surface area contributed by atoms with Crippen LogP contribution < -0.4 is 29.6 Å². The van der Waals surface area contributed by atoms with Gasteiger partial charge in [-0.05, 0) is 30.2 Å². The monoisotopic (exact) mass is 242 g/mol. The molecule has 0 fully saturated rings. The molecule has 7 heteroatoms. The van der Waals surface area contributed by atoms with E-state index >= 15 is 0 Å². The minimum Gasteiger partial charge on any atom is -0.746 e. The molecule has 0 spiro atoms. The van der Waals surface area contributed by atoms with Crippen LogP contribution in [0.5, 0.6) is 0 Å². The summed E-state index contributed by atoms with van der Waals surface area (Å²) in [7, 11) is -4.81. The number of hydrogen-bond donors (Lipinski definition) is 1. The maximum Gasteiger partial charge on any atom is 1.00 e. The van der Waals surface area contributed by atoms with Crippen LogP contribution in [0.1, 0.15) is 16.6 Å². The zero-order chi connectivity index (χ0) is 10.9. The Kier molecular flexibility index (Phi) is 5.39. The molecule has 0 saturated carbocycles. The van der Waals surface area contributed by atoms with Crippen molar-refractivity contribution in [3.63, 3.8) is 0 Å². The van der Waals surface area contributed by atoms with Crippen molar-refractivity contribution in [1.29, 1.82) is 0 Å². The topological polar surface area (TPSA) is 77.4 Å². The quantitative estimate of drug-likeness (QED) is 0.466. The first-order valence-corrected chi connectivity index (χ1v) is 5.18. The molecule has 1 rings (SSSR count). The minimum absolute atomic E-state index is 0. The second kappa shape index (κ2) is 5.38. The number of aliphatic hydroxyl groups excluding tert-OH is 1. The zero-order valence-electron chi connectivity index (χ0n) is 8.27. The van der Waals surface area contributed by atoms with E-state index in [2.05, 4.69) is 0 Å². The summed E-state index contributed by atoms with van der Waals surface area (Å²) in [5.41, 5.74) is -2.01. The van der Waals surface area contributed by atoms with Gasteiger partial charge in [-0.2, -0.15) is 0 Å². The van der Waals surface area contributed by atoms with E-state index in [0.29, 0.717) is 0 Å². The van der Waals surface area contributed by atoms with Gasteiger partial charge >= 0.3 is 29.6 Å². The molecule has 0 amide bonds. The van der Waals surface area contributed by atoms with Gasteiger partial charge in [-0.1, -0.05) is 6.07 Å². The fourth-order valence-corrected chi connectivity index (χ4v) is 1.65. The van der Waals surface area contributed by atoms with Gasteiger partial charge in [-0.15, -0.1) is 0 Å². The van der Waals surface area contributed by atoms with Gasteiger partial charge in [0.25, 0.3) is 0 Å². The molecule has 15 heavy (non-hydrogen) atoms. The van der Waals surface area contributed by atoms with Crippen molar-refractivity contribution in [3.05, 3.63) is 35.1 Å². The molecule has 0 aliphatic carbocycles. The van der Waals surface area contributed by atoms with Crippen molar-refractivity contribution in [2.45, 2.75) is 12.4 Å². The molecule has 0 radical (unpaired) electrons. The van der Waals surface area contributed by atoms with Gasteiger partial charge < -0.3 is 9.66 Å². The maximum atomic E-state index is 12.6. The summed E-state index contributed by atoms with van der Waals surface area (Å²) in [5.74, 6) is -0.554. The van der Waals surface area contributed by atoms with Crippen molar-refractivity contribution in [2.24, 2.45) is 0 Å². The Balaban J connectivity index is 0.00000196. The molecule has 1 aromatic rings. The third-order valence-electron chi connectivity index (χ3n) is 1.77. The third kappa shape index (κ3) is 3.82. The minimum atomic E-state index is -4.81. The first kappa shape index (κ1) is 15.0. The zero-order valence-corrected chi connectivity index (χ0v) is 11.1. The van der Waals surface area contributed by atoms with Gasteiger partial charge in [-0.25, -0.2) is 12.8 Å². The second-order valence-electron chi connectivity index (χ2n) is 2.85. The summed E-state index contributed by atoms with van der Waals surface area (Å²) in [5, 5.41) is 9.11. The van der Waals surface area contributed by atoms with Crippen LogP contribution in [0, 0.1) is 12.7 Å². The molecule has 1 aromatic carbocycles. The standard InChI is InChI=1S/C8H9FO4S.Na/c1-5-4-6(9)2-3-7(5)8(10)14(11,12)13;/h2-4,8,10H,1H3,(H,11,12,13);/q;+1/p-1. The molecule has 1 unspecified atom stereocenters. The van der Waals surface area contributed by atoms with Gasteiger partial charge in [0.2, 0.25) is 0 Å². The van der Waals surface area contributed by atoms with E-state index in [0.717, 1.165) is 18.2 Å². The predicted octanol–water partition coefficient (Wildman–Crippen LogP) is -2.33. The van der Waals surface area contributed by atoms with Gasteiger partial charge in [0.15, 0.2) is 5.44 Å². The number of halogens is 1. The molecule has 0 aromatic heterocycles. The molecular formula is C8H8FNaO4S. The van der Waals surface area contributed by atoms with Crippen LogP contribution >= 0.6 is 0 Å². The molecule has 4 nitrogen and oxygen atoms in total. The summed E-state index contributed by atoms with van der Waals surface area (Å²) < 4.78 is 44.0. The van der Waals surface area contributed by atoms with E-state index in [1.54, 1.807) is 0 Å². The first-order valence-electron chi connectivity index (χ1n) is 3.71. The predicted molar refractivity (Wildman–Crippen MR) is 45.8 cm³/mol. The number of benzene rings is 1. The van der Waals surface area contributed by atoms with E-state index in [9.17, 15) is 17.4 Å². The van der Waals surface area contributed by atoms with Crippen molar-refractivity contribution in [3.8, 4) is 0 Å². The van der Waals surface area contributed by atoms with Crippen LogP contribution in [0.25, 0.3) is 0 Å². The molecule has 0 aliphatic rings. The van der Waals surface area contributed by atoms with Crippen LogP contribution in [0.15, 0.2) is 18.2 Å². The van der Waals surface area contributed by atoms with Crippen molar-refractivity contribution >= 4 is 10.1 Å². The summed E-state index contributed by atoms with van der Waals surface area (Å²) in [6, 6.07) is 3.10. The number of aryl methyl sites for hydroxylation is 1. The van der Waals surface area contributed by atoms with Crippen molar-refractivity contribution in [2.75, 3.05) is 0 Å². The summed E-state index contributed by atoms with van der Waals surface area (Å²) in [4.78, 5) is 0. The molecule has 0 heterocycles. The smallest absolute Gasteiger partial charge is 0.746 e. The van der Waals surface area contributed by atoms with Crippen LogP contribution in [0.2, 0.25) is 0 Å². The van der Waals surface area contributed by atoms with Gasteiger partial charge in [0, 0.05) is 0 Å². The van der Waals surface area contributed by atoms with Crippen molar-refractivity contribution < 1.29 is 52.0 Å². The average molecular weight is 242 g/mol. The van der Waals surface area contributed by atoms with Gasteiger partial charge in [-0.3, -0.25) is 0 Å². The summed E-state index contributed by atoms with van der Waals surface area (Å²) in [6.45, 7) is 1.41. The van der Waals surface area contributed by atoms with Crippen LogP contribution in [-0.2, 0) is 10.1 Å². The third-order valence-corrected chi connectivity index (χ3v) is 2.57. The molecule has 1 atom stereocenters. The largest absolute Gasteiger partial charge is 1.00 e. The van der Waals surface area contributed by atoms with Crippen molar-refractivity contribution in [1.82, 2.24) is 0 Å². The van der Waals surface area contributed by atoms with Gasteiger partial charge in [0.05, 0.1) is 0 Å². The number of aliphatic hydroxyl groups is 1. The maximum absolute atomic E-state index is 12.6. The van der Waals surface area contributed by atoms with E-state index in [1.165, 1.54) is 6.92 Å². The molecule has 1 N–H and O–H groups in total. The Morgan fingerprint density at radius 3 is 2.40 bits per heavy atom. The normalized spacial score (nSPS) is 13.1. The summed E-state index contributed by atoms with van der Waals surface area (Å²) >= 11 is 0. The molecular weight excluding hydrogens is 234 g/mol. The average Bonchev–Trinajstić information content (AvgIpc) is 2.01. The van der Waals surface area contributed by atoms with Crippen LogP contribution in [0.4, 0.5) is 4.39 Å². The Labute approximate surface area is 109 Å². The Bertz CT molecular complexity index is 446. The SMILES string of the molecule is Cc1cc(F)ccc1C(O)S(=O)(=O)[O-].[Na+]. The van der Waals surface area contributed by atoms with Crippen LogP contribution in [-0.4, -0.2) is 18.1 Å². The second-order valence-corrected chi connectivity index (χ2v) is 4.28. The Hall–Kier alpha value is 0.0200. The van der Waals surface area contributed by atoms with Crippen LogP contribution in [0.3, 0.4) is 0 Å². The van der Waals surface area contributed by atoms with E-state index in [1.807, 2.05) is 0 Å². The molecule has 0 bridgehead atoms. The number of rotatable bonds is 2. The van der Waals surface area contributed by atoms with E-state index in [-0.39, 0.29) is 40.7 Å². The number of hydrogen-bond acceptors (Lipinski definition) is 4. The molecule has 0 saturated heterocycles. The fourth-order valence-electron chi connectivity index (χ4n) is 1.07. The first-order chi connectivity index (χ1) is 6.32. The Morgan fingerprint density at radius 1 is 1.47 bits per heavy atom. The van der Waals surface area contributed by atoms with E-state index in [4.69, 9.17) is 5.11 Å². The fraction of sp³-hybridized carbons (Fsp3) is 0.250.